The van der Waals surface area contributed by atoms with Crippen LogP contribution in [0.4, 0.5) is 0 Å². The second kappa shape index (κ2) is 6.65. The Morgan fingerprint density at radius 2 is 1.50 bits per heavy atom. The van der Waals surface area contributed by atoms with Gasteiger partial charge in [0.05, 0.1) is 0 Å². The standard InChI is InChI=1S/C13H26O4Si3/c1-7-15-20(6,13-11-9-8-10-12-13)17-19(4,5)16-18(2,3)14/h8-12,14H,7H2,1-6H3. The van der Waals surface area contributed by atoms with Crippen LogP contribution in [-0.2, 0) is 12.7 Å². The zero-order valence-electron chi connectivity index (χ0n) is 13.3. The molecule has 0 fully saturated rings. The summed E-state index contributed by atoms with van der Waals surface area (Å²) < 4.78 is 18.2. The van der Waals surface area contributed by atoms with Crippen LogP contribution in [0.25, 0.3) is 0 Å². The van der Waals surface area contributed by atoms with E-state index in [0.29, 0.717) is 6.61 Å². The van der Waals surface area contributed by atoms with Crippen molar-refractivity contribution < 1.29 is 17.5 Å². The average molecular weight is 331 g/mol. The molecule has 0 spiro atoms. The van der Waals surface area contributed by atoms with Gasteiger partial charge in [0.1, 0.15) is 0 Å². The van der Waals surface area contributed by atoms with Gasteiger partial charge in [0.2, 0.25) is 0 Å². The Morgan fingerprint density at radius 3 is 1.95 bits per heavy atom. The third-order valence-corrected chi connectivity index (χ3v) is 12.4. The number of hydrogen-bond acceptors (Lipinski definition) is 4. The zero-order valence-corrected chi connectivity index (χ0v) is 16.3. The first-order chi connectivity index (χ1) is 9.08. The van der Waals surface area contributed by atoms with Crippen molar-refractivity contribution in [2.24, 2.45) is 0 Å². The molecule has 20 heavy (non-hydrogen) atoms. The topological polar surface area (TPSA) is 47.9 Å². The summed E-state index contributed by atoms with van der Waals surface area (Å²) in [6, 6.07) is 10.0. The first-order valence-electron chi connectivity index (χ1n) is 6.90. The van der Waals surface area contributed by atoms with Crippen LogP contribution in [0.3, 0.4) is 0 Å². The van der Waals surface area contributed by atoms with E-state index in [-0.39, 0.29) is 0 Å². The molecule has 1 aromatic carbocycles. The molecule has 1 unspecified atom stereocenters. The highest BCUT2D eigenvalue weighted by Crippen LogP contribution is 2.20. The van der Waals surface area contributed by atoms with Crippen molar-refractivity contribution in [3.8, 4) is 0 Å². The summed E-state index contributed by atoms with van der Waals surface area (Å²) in [6.07, 6.45) is 0. The fourth-order valence-corrected chi connectivity index (χ4v) is 13.6. The second-order valence-electron chi connectivity index (χ2n) is 5.80. The predicted octanol–water partition coefficient (Wildman–Crippen LogP) is 2.43. The maximum Gasteiger partial charge on any atom is 0.360 e. The minimum absolute atomic E-state index is 0.599. The zero-order chi connectivity index (χ0) is 15.4. The van der Waals surface area contributed by atoms with Crippen LogP contribution in [0.15, 0.2) is 30.3 Å². The smallest absolute Gasteiger partial charge is 0.360 e. The third-order valence-electron chi connectivity index (χ3n) is 2.65. The quantitative estimate of drug-likeness (QED) is 0.780. The molecular weight excluding hydrogens is 304 g/mol. The van der Waals surface area contributed by atoms with E-state index >= 15 is 0 Å². The Balaban J connectivity index is 2.97. The molecule has 114 valence electrons. The first-order valence-corrected chi connectivity index (χ1v) is 14.9. The van der Waals surface area contributed by atoms with Gasteiger partial charge in [-0.1, -0.05) is 30.3 Å². The van der Waals surface area contributed by atoms with E-state index in [9.17, 15) is 4.80 Å². The van der Waals surface area contributed by atoms with Crippen molar-refractivity contribution in [3.05, 3.63) is 30.3 Å². The van der Waals surface area contributed by atoms with Crippen LogP contribution in [0.1, 0.15) is 6.92 Å². The van der Waals surface area contributed by atoms with E-state index in [2.05, 4.69) is 0 Å². The van der Waals surface area contributed by atoms with Crippen molar-refractivity contribution in [3.63, 3.8) is 0 Å². The molecule has 4 nitrogen and oxygen atoms in total. The molecule has 1 atom stereocenters. The lowest BCUT2D eigenvalue weighted by Gasteiger charge is -2.37. The lowest BCUT2D eigenvalue weighted by Crippen LogP contribution is -2.60. The van der Waals surface area contributed by atoms with E-state index in [1.54, 1.807) is 13.1 Å². The highest BCUT2D eigenvalue weighted by Gasteiger charge is 2.44. The van der Waals surface area contributed by atoms with Gasteiger partial charge >= 0.3 is 25.7 Å². The van der Waals surface area contributed by atoms with Gasteiger partial charge in [0.15, 0.2) is 0 Å². The van der Waals surface area contributed by atoms with Crippen LogP contribution >= 0.6 is 0 Å². The second-order valence-corrected chi connectivity index (χ2v) is 15.9. The lowest BCUT2D eigenvalue weighted by atomic mass is 10.4. The van der Waals surface area contributed by atoms with E-state index in [0.717, 1.165) is 5.19 Å². The van der Waals surface area contributed by atoms with Crippen LogP contribution in [0.5, 0.6) is 0 Å². The van der Waals surface area contributed by atoms with E-state index in [1.807, 2.05) is 56.9 Å². The Hall–Kier alpha value is -0.289. The molecule has 0 aliphatic rings. The van der Waals surface area contributed by atoms with Crippen molar-refractivity contribution >= 4 is 30.9 Å². The Kier molecular flexibility index (Phi) is 5.90. The van der Waals surface area contributed by atoms with Gasteiger partial charge < -0.3 is 17.5 Å². The van der Waals surface area contributed by atoms with Gasteiger partial charge in [0, 0.05) is 6.61 Å². The van der Waals surface area contributed by atoms with E-state index in [1.165, 1.54) is 0 Å². The summed E-state index contributed by atoms with van der Waals surface area (Å²) >= 11 is 0. The number of hydrogen-bond donors (Lipinski definition) is 1. The molecule has 1 aromatic rings. The molecule has 0 aliphatic heterocycles. The van der Waals surface area contributed by atoms with Crippen LogP contribution < -0.4 is 5.19 Å². The van der Waals surface area contributed by atoms with Crippen molar-refractivity contribution in [2.45, 2.75) is 39.7 Å². The fourth-order valence-electron chi connectivity index (χ4n) is 2.28. The van der Waals surface area contributed by atoms with E-state index in [4.69, 9.17) is 12.7 Å². The van der Waals surface area contributed by atoms with Crippen LogP contribution in [-0.4, -0.2) is 37.1 Å². The molecule has 0 saturated heterocycles. The average Bonchev–Trinajstić information content (AvgIpc) is 2.26. The van der Waals surface area contributed by atoms with Crippen LogP contribution in [0, 0.1) is 0 Å². The van der Waals surface area contributed by atoms with Gasteiger partial charge in [-0.25, -0.2) is 0 Å². The monoisotopic (exact) mass is 330 g/mol. The molecule has 1 N–H and O–H groups in total. The molecule has 0 radical (unpaired) electrons. The molecule has 7 heteroatoms. The Labute approximate surface area is 125 Å². The molecule has 0 aromatic heterocycles. The van der Waals surface area contributed by atoms with Crippen molar-refractivity contribution in [1.82, 2.24) is 0 Å². The molecule has 1 rings (SSSR count). The maximum atomic E-state index is 10.00. The molecule has 0 heterocycles. The predicted molar refractivity (Wildman–Crippen MR) is 88.7 cm³/mol. The molecule has 0 bridgehead atoms. The largest absolute Gasteiger partial charge is 0.416 e. The summed E-state index contributed by atoms with van der Waals surface area (Å²) in [5.74, 6) is 0. The summed E-state index contributed by atoms with van der Waals surface area (Å²) in [5.41, 5.74) is 0. The van der Waals surface area contributed by atoms with Crippen molar-refractivity contribution in [1.29, 1.82) is 0 Å². The first kappa shape index (κ1) is 17.8. The summed E-state index contributed by atoms with van der Waals surface area (Å²) in [6.45, 7) is 12.0. The normalized spacial score (nSPS) is 15.9. The van der Waals surface area contributed by atoms with Crippen molar-refractivity contribution in [2.75, 3.05) is 6.61 Å². The molecule has 0 aliphatic carbocycles. The molecule has 0 saturated carbocycles. The number of rotatable bonds is 7. The lowest BCUT2D eigenvalue weighted by molar-refractivity contribution is 0.240. The van der Waals surface area contributed by atoms with Crippen LogP contribution in [0.2, 0.25) is 32.7 Å². The Morgan fingerprint density at radius 1 is 0.950 bits per heavy atom. The van der Waals surface area contributed by atoms with E-state index < -0.39 is 25.7 Å². The molecule has 0 amide bonds. The summed E-state index contributed by atoms with van der Waals surface area (Å²) in [7, 11) is -7.57. The van der Waals surface area contributed by atoms with Gasteiger partial charge in [-0.3, -0.25) is 0 Å². The Bertz CT molecular complexity index is 419. The highest BCUT2D eigenvalue weighted by molar-refractivity contribution is 6.89. The highest BCUT2D eigenvalue weighted by atomic mass is 28.5. The van der Waals surface area contributed by atoms with Gasteiger partial charge in [0.25, 0.3) is 0 Å². The number of benzene rings is 1. The summed E-state index contributed by atoms with van der Waals surface area (Å²) in [5, 5.41) is 1.09. The van der Waals surface area contributed by atoms with Gasteiger partial charge in [-0.15, -0.1) is 0 Å². The molecular formula is C13H26O4Si3. The fraction of sp³-hybridized carbons (Fsp3) is 0.538. The maximum absolute atomic E-state index is 10.00. The minimum atomic E-state index is -2.61. The van der Waals surface area contributed by atoms with Gasteiger partial charge in [-0.05, 0) is 44.8 Å². The minimum Gasteiger partial charge on any atom is -0.416 e. The summed E-state index contributed by atoms with van der Waals surface area (Å²) in [4.78, 5) is 10.00. The van der Waals surface area contributed by atoms with Gasteiger partial charge in [-0.2, -0.15) is 0 Å². The third kappa shape index (κ3) is 5.60. The SMILES string of the molecule is CCO[Si](C)(O[Si](C)(C)O[Si](C)(C)O)c1ccccc1.